The molecule has 0 aliphatic carbocycles. The lowest BCUT2D eigenvalue weighted by Gasteiger charge is -2.53. The first-order valence-electron chi connectivity index (χ1n) is 14.0. The van der Waals surface area contributed by atoms with Crippen LogP contribution >= 0.6 is 0 Å². The van der Waals surface area contributed by atoms with Crippen molar-refractivity contribution in [3.05, 3.63) is 60.1 Å². The highest BCUT2D eigenvalue weighted by atomic mass is 19.4. The summed E-state index contributed by atoms with van der Waals surface area (Å²) in [6.07, 6.45) is 4.00. The van der Waals surface area contributed by atoms with Crippen LogP contribution in [0.4, 0.5) is 13.2 Å². The molecule has 4 aromatic rings. The Morgan fingerprint density at radius 1 is 1.21 bits per heavy atom. The number of H-pyrrole nitrogens is 1. The van der Waals surface area contributed by atoms with Crippen LogP contribution in [-0.4, -0.2) is 96.6 Å². The van der Waals surface area contributed by atoms with E-state index in [9.17, 15) is 23.2 Å². The fourth-order valence-corrected chi connectivity index (χ4v) is 6.15. The number of alkyl halides is 3. The number of carbonyl (C=O) groups excluding carboxylic acids is 1. The third kappa shape index (κ3) is 5.57. The van der Waals surface area contributed by atoms with E-state index in [2.05, 4.69) is 36.0 Å². The molecule has 2 aliphatic rings. The standard InChI is InChI=1S/C29H31F3N10O/c1-39(2)14-19-11-23(38-24(12-19)29(30,31)32)27(43)40-9-4-21(5-10-40)41-16-28(17-41,6-7-33)42-15-20(13-37-42)25-22-3-8-34-26(22)36-18-35-25/h3,8,11-13,15,18,21H,4-6,9-10,14,16-17H2,1-2H3,(H,34,35,36). The van der Waals surface area contributed by atoms with Gasteiger partial charge >= 0.3 is 6.18 Å². The number of nitriles is 1. The second kappa shape index (κ2) is 11.1. The number of amides is 1. The van der Waals surface area contributed by atoms with Crippen LogP contribution in [0.5, 0.6) is 0 Å². The maximum absolute atomic E-state index is 13.5. The third-order valence-electron chi connectivity index (χ3n) is 8.26. The molecule has 43 heavy (non-hydrogen) atoms. The number of pyridine rings is 1. The number of rotatable bonds is 7. The molecule has 0 unspecified atom stereocenters. The Bertz CT molecular complexity index is 1670. The highest BCUT2D eigenvalue weighted by Crippen LogP contribution is 2.37. The zero-order valence-electron chi connectivity index (χ0n) is 23.8. The summed E-state index contributed by atoms with van der Waals surface area (Å²) in [5.74, 6) is -0.489. The smallest absolute Gasteiger partial charge is 0.346 e. The first-order valence-corrected chi connectivity index (χ1v) is 14.0. The summed E-state index contributed by atoms with van der Waals surface area (Å²) >= 11 is 0. The lowest BCUT2D eigenvalue weighted by atomic mass is 9.83. The molecule has 4 aromatic heterocycles. The molecule has 1 amide bonds. The van der Waals surface area contributed by atoms with E-state index in [1.165, 1.54) is 12.4 Å². The second-order valence-electron chi connectivity index (χ2n) is 11.6. The summed E-state index contributed by atoms with van der Waals surface area (Å²) in [4.78, 5) is 34.3. The molecule has 2 fully saturated rings. The first-order chi connectivity index (χ1) is 20.6. The lowest BCUT2D eigenvalue weighted by molar-refractivity contribution is -0.141. The van der Waals surface area contributed by atoms with Crippen molar-refractivity contribution >= 4 is 16.9 Å². The van der Waals surface area contributed by atoms with Gasteiger partial charge in [0.1, 0.15) is 28.9 Å². The molecule has 2 saturated heterocycles. The maximum Gasteiger partial charge on any atom is 0.433 e. The van der Waals surface area contributed by atoms with Crippen LogP contribution in [0.1, 0.15) is 41.0 Å². The van der Waals surface area contributed by atoms with Gasteiger partial charge in [-0.2, -0.15) is 23.5 Å². The number of hydrogen-bond donors (Lipinski definition) is 1. The number of hydrogen-bond acceptors (Lipinski definition) is 8. The molecule has 0 saturated carbocycles. The summed E-state index contributed by atoms with van der Waals surface area (Å²) in [6.45, 7) is 2.36. The van der Waals surface area contributed by atoms with Gasteiger partial charge in [-0.3, -0.25) is 14.4 Å². The normalized spacial score (nSPS) is 17.7. The Morgan fingerprint density at radius 3 is 2.67 bits per heavy atom. The number of aromatic nitrogens is 6. The van der Waals surface area contributed by atoms with Crippen molar-refractivity contribution in [2.24, 2.45) is 0 Å². The summed E-state index contributed by atoms with van der Waals surface area (Å²) in [5.41, 5.74) is 1.01. The van der Waals surface area contributed by atoms with Gasteiger partial charge in [0.2, 0.25) is 0 Å². The van der Waals surface area contributed by atoms with Gasteiger partial charge in [-0.15, -0.1) is 0 Å². The van der Waals surface area contributed by atoms with Gasteiger partial charge in [0.05, 0.1) is 24.4 Å². The maximum atomic E-state index is 13.5. The highest BCUT2D eigenvalue weighted by molar-refractivity contribution is 5.92. The molecule has 14 heteroatoms. The van der Waals surface area contributed by atoms with E-state index in [1.54, 1.807) is 30.1 Å². The third-order valence-corrected chi connectivity index (χ3v) is 8.26. The number of nitrogens with one attached hydrogen (secondary N) is 1. The molecule has 1 N–H and O–H groups in total. The second-order valence-corrected chi connectivity index (χ2v) is 11.6. The number of likely N-dealkylation sites (tertiary alicyclic amines) is 2. The Morgan fingerprint density at radius 2 is 1.98 bits per heavy atom. The van der Waals surface area contributed by atoms with Crippen LogP contribution in [0, 0.1) is 11.3 Å². The number of aromatic amines is 1. The molecule has 0 aromatic carbocycles. The number of piperidine rings is 1. The van der Waals surface area contributed by atoms with E-state index in [-0.39, 0.29) is 18.3 Å². The van der Waals surface area contributed by atoms with Crippen LogP contribution in [-0.2, 0) is 18.3 Å². The first kappa shape index (κ1) is 28.8. The topological polar surface area (TPSA) is 123 Å². The largest absolute Gasteiger partial charge is 0.433 e. The molecule has 0 radical (unpaired) electrons. The van der Waals surface area contributed by atoms with E-state index in [0.717, 1.165) is 28.4 Å². The SMILES string of the molecule is CN(C)Cc1cc(C(=O)N2CCC(N3CC(CC#N)(n4cc(-c5ncnc6[nH]ccc56)cn4)C3)CC2)nc(C(F)(F)F)c1. The summed E-state index contributed by atoms with van der Waals surface area (Å²) in [5, 5.41) is 15.2. The highest BCUT2D eigenvalue weighted by Gasteiger charge is 2.48. The minimum absolute atomic E-state index is 0.183. The zero-order valence-corrected chi connectivity index (χ0v) is 23.8. The Hall–Kier alpha value is -4.35. The molecular weight excluding hydrogens is 561 g/mol. The summed E-state index contributed by atoms with van der Waals surface area (Å²) < 4.78 is 42.4. The van der Waals surface area contributed by atoms with E-state index < -0.39 is 23.3 Å². The minimum Gasteiger partial charge on any atom is -0.346 e. The number of fused-ring (bicyclic) bond motifs is 1. The molecule has 224 valence electrons. The van der Waals surface area contributed by atoms with Crippen LogP contribution in [0.25, 0.3) is 22.3 Å². The van der Waals surface area contributed by atoms with Crippen LogP contribution in [0.15, 0.2) is 43.1 Å². The molecule has 6 rings (SSSR count). The fourth-order valence-electron chi connectivity index (χ4n) is 6.15. The Balaban J connectivity index is 1.12. The average molecular weight is 593 g/mol. The van der Waals surface area contributed by atoms with E-state index in [0.29, 0.717) is 51.0 Å². The fraction of sp³-hybridized carbons (Fsp3) is 0.448. The summed E-state index contributed by atoms with van der Waals surface area (Å²) in [7, 11) is 3.51. The molecule has 2 aliphatic heterocycles. The van der Waals surface area contributed by atoms with Crippen molar-refractivity contribution in [2.45, 2.75) is 43.6 Å². The average Bonchev–Trinajstić information content (AvgIpc) is 3.64. The van der Waals surface area contributed by atoms with Crippen LogP contribution in [0.3, 0.4) is 0 Å². The predicted octanol–water partition coefficient (Wildman–Crippen LogP) is 3.53. The van der Waals surface area contributed by atoms with Crippen molar-refractivity contribution in [1.82, 2.24) is 44.4 Å². The number of nitrogens with zero attached hydrogens (tertiary/aromatic N) is 9. The summed E-state index contributed by atoms with van der Waals surface area (Å²) in [6, 6.07) is 6.87. The van der Waals surface area contributed by atoms with Crippen LogP contribution < -0.4 is 0 Å². The van der Waals surface area contributed by atoms with Crippen molar-refractivity contribution in [2.75, 3.05) is 40.3 Å². The van der Waals surface area contributed by atoms with E-state index >= 15 is 0 Å². The van der Waals surface area contributed by atoms with Gasteiger partial charge in [-0.25, -0.2) is 15.0 Å². The van der Waals surface area contributed by atoms with Crippen molar-refractivity contribution in [1.29, 1.82) is 5.26 Å². The molecule has 0 spiro atoms. The van der Waals surface area contributed by atoms with Gasteiger partial charge in [0.15, 0.2) is 0 Å². The van der Waals surface area contributed by atoms with Gasteiger partial charge < -0.3 is 14.8 Å². The quantitative estimate of drug-likeness (QED) is 0.346. The molecule has 6 heterocycles. The Labute approximate surface area is 245 Å². The number of halogens is 3. The van der Waals surface area contributed by atoms with Crippen LogP contribution in [0.2, 0.25) is 0 Å². The molecule has 0 bridgehead atoms. The molecular formula is C29H31F3N10O. The van der Waals surface area contributed by atoms with E-state index in [1.807, 2.05) is 23.1 Å². The Kier molecular flexibility index (Phi) is 7.39. The van der Waals surface area contributed by atoms with Gasteiger partial charge in [-0.1, -0.05) is 0 Å². The van der Waals surface area contributed by atoms with Crippen molar-refractivity contribution in [3.8, 4) is 17.3 Å². The van der Waals surface area contributed by atoms with Crippen molar-refractivity contribution < 1.29 is 18.0 Å². The lowest BCUT2D eigenvalue weighted by Crippen LogP contribution is -2.66. The zero-order chi connectivity index (χ0) is 30.4. The minimum atomic E-state index is -4.64. The van der Waals surface area contributed by atoms with Gasteiger partial charge in [0.25, 0.3) is 5.91 Å². The van der Waals surface area contributed by atoms with Crippen molar-refractivity contribution in [3.63, 3.8) is 0 Å². The molecule has 0 atom stereocenters. The number of carbonyl (C=O) groups is 1. The predicted molar refractivity (Wildman–Crippen MR) is 150 cm³/mol. The monoisotopic (exact) mass is 592 g/mol. The van der Waals surface area contributed by atoms with E-state index in [4.69, 9.17) is 0 Å². The van der Waals surface area contributed by atoms with Gasteiger partial charge in [-0.05, 0) is 50.7 Å². The molecule has 11 nitrogen and oxygen atoms in total. The van der Waals surface area contributed by atoms with Gasteiger partial charge in [0, 0.05) is 62.1 Å².